The first-order chi connectivity index (χ1) is 7.13. The maximum atomic E-state index is 10.4. The average Bonchev–Trinajstić information content (AvgIpc) is 2.17. The zero-order valence-corrected chi connectivity index (χ0v) is 9.51. The van der Waals surface area contributed by atoms with Gasteiger partial charge in [0.2, 0.25) is 6.54 Å². The fourth-order valence-corrected chi connectivity index (χ4v) is 1.61. The first-order valence-electron chi connectivity index (χ1n) is 4.44. The van der Waals surface area contributed by atoms with E-state index >= 15 is 0 Å². The largest absolute Gasteiger partial charge is 0.303 e. The number of nitrogens with zero attached hydrogens (tertiary/aromatic N) is 1. The van der Waals surface area contributed by atoms with Crippen LogP contribution < -0.4 is 0 Å². The first kappa shape index (κ1) is 11.8. The average molecular weight is 272 g/mol. The number of aldehydes is 1. The lowest BCUT2D eigenvalue weighted by Gasteiger charge is -2.09. The summed E-state index contributed by atoms with van der Waals surface area (Å²) in [4.78, 5) is 20.4. The molecule has 0 aliphatic heterocycles. The molecule has 5 heteroatoms. The van der Waals surface area contributed by atoms with Crippen molar-refractivity contribution in [2.75, 3.05) is 6.54 Å². The van der Waals surface area contributed by atoms with E-state index < -0.39 is 4.92 Å². The maximum absolute atomic E-state index is 10.4. The summed E-state index contributed by atoms with van der Waals surface area (Å²) in [5, 5.41) is 10.4. The van der Waals surface area contributed by atoms with Crippen LogP contribution in [0.25, 0.3) is 0 Å². The molecule has 0 heterocycles. The predicted octanol–water partition coefficient (Wildman–Crippen LogP) is 2.40. The minimum atomic E-state index is -0.393. The Morgan fingerprint density at radius 1 is 1.40 bits per heavy atom. The van der Waals surface area contributed by atoms with Crippen LogP contribution in [0.3, 0.4) is 0 Å². The highest BCUT2D eigenvalue weighted by Gasteiger charge is 2.16. The molecule has 0 radical (unpaired) electrons. The highest BCUT2D eigenvalue weighted by atomic mass is 79.9. The Morgan fingerprint density at radius 2 is 2.00 bits per heavy atom. The van der Waals surface area contributed by atoms with Crippen molar-refractivity contribution in [2.24, 2.45) is 0 Å². The van der Waals surface area contributed by atoms with Gasteiger partial charge in [0.15, 0.2) is 0 Å². The van der Waals surface area contributed by atoms with Crippen molar-refractivity contribution in [3.8, 4) is 0 Å². The molecule has 0 spiro atoms. The number of carbonyl (C=O) groups is 1. The number of carbonyl (C=O) groups excluding carboxylic acids is 1. The van der Waals surface area contributed by atoms with Gasteiger partial charge >= 0.3 is 0 Å². The standard InChI is InChI=1S/C10H10BrNO3/c11-10-3-1-8(2-4-10)9(5-6-13)7-12(14)15/h1-4,6,9H,5,7H2/t9-/m0/s1. The number of hydrogen-bond donors (Lipinski definition) is 0. The van der Waals surface area contributed by atoms with Crippen LogP contribution in [-0.4, -0.2) is 17.8 Å². The highest BCUT2D eigenvalue weighted by Crippen LogP contribution is 2.21. The topological polar surface area (TPSA) is 60.2 Å². The van der Waals surface area contributed by atoms with E-state index in [0.717, 1.165) is 16.3 Å². The van der Waals surface area contributed by atoms with Gasteiger partial charge in [0.1, 0.15) is 6.29 Å². The fourth-order valence-electron chi connectivity index (χ4n) is 1.35. The summed E-state index contributed by atoms with van der Waals surface area (Å²) < 4.78 is 0.914. The summed E-state index contributed by atoms with van der Waals surface area (Å²) in [5.41, 5.74) is 0.821. The SMILES string of the molecule is O=CC[C@@H](C[N+](=O)[O-])c1ccc(Br)cc1. The van der Waals surface area contributed by atoms with Crippen molar-refractivity contribution in [3.63, 3.8) is 0 Å². The molecule has 0 N–H and O–H groups in total. The summed E-state index contributed by atoms with van der Waals surface area (Å²) in [6, 6.07) is 7.21. The molecule has 0 fully saturated rings. The minimum absolute atomic E-state index is 0.183. The quantitative estimate of drug-likeness (QED) is 0.469. The van der Waals surface area contributed by atoms with E-state index in [4.69, 9.17) is 0 Å². The van der Waals surface area contributed by atoms with Gasteiger partial charge in [-0.15, -0.1) is 0 Å². The molecule has 15 heavy (non-hydrogen) atoms. The molecule has 0 unspecified atom stereocenters. The van der Waals surface area contributed by atoms with E-state index in [1.807, 2.05) is 12.1 Å². The van der Waals surface area contributed by atoms with Gasteiger partial charge in [0.05, 0.1) is 5.92 Å². The minimum Gasteiger partial charge on any atom is -0.303 e. The molecular weight excluding hydrogens is 262 g/mol. The summed E-state index contributed by atoms with van der Waals surface area (Å²) in [7, 11) is 0. The van der Waals surface area contributed by atoms with E-state index in [1.54, 1.807) is 12.1 Å². The molecule has 1 aromatic rings. The molecule has 0 amide bonds. The third-order valence-electron chi connectivity index (χ3n) is 2.09. The van der Waals surface area contributed by atoms with Crippen molar-refractivity contribution in [2.45, 2.75) is 12.3 Å². The van der Waals surface area contributed by atoms with E-state index in [-0.39, 0.29) is 18.9 Å². The Balaban J connectivity index is 2.83. The summed E-state index contributed by atoms with van der Waals surface area (Å²) in [6.45, 7) is -0.208. The lowest BCUT2D eigenvalue weighted by molar-refractivity contribution is -0.483. The zero-order chi connectivity index (χ0) is 11.3. The Morgan fingerprint density at radius 3 is 2.47 bits per heavy atom. The van der Waals surface area contributed by atoms with E-state index in [2.05, 4.69) is 15.9 Å². The summed E-state index contributed by atoms with van der Waals surface area (Å²) in [6.07, 6.45) is 0.902. The van der Waals surface area contributed by atoms with Crippen molar-refractivity contribution in [3.05, 3.63) is 44.4 Å². The lowest BCUT2D eigenvalue weighted by atomic mass is 9.97. The maximum Gasteiger partial charge on any atom is 0.211 e. The number of rotatable bonds is 5. The molecule has 1 rings (SSSR count). The number of benzene rings is 1. The molecule has 0 aromatic heterocycles. The third kappa shape index (κ3) is 3.79. The molecule has 80 valence electrons. The fraction of sp³-hybridized carbons (Fsp3) is 0.300. The van der Waals surface area contributed by atoms with Gasteiger partial charge < -0.3 is 4.79 Å². The summed E-state index contributed by atoms with van der Waals surface area (Å²) in [5.74, 6) is -0.328. The van der Waals surface area contributed by atoms with Gasteiger partial charge in [-0.05, 0) is 17.7 Å². The van der Waals surface area contributed by atoms with Crippen LogP contribution in [0.4, 0.5) is 0 Å². The van der Waals surface area contributed by atoms with Gasteiger partial charge in [-0.25, -0.2) is 0 Å². The van der Waals surface area contributed by atoms with Gasteiger partial charge in [0.25, 0.3) is 0 Å². The van der Waals surface area contributed by atoms with Crippen molar-refractivity contribution < 1.29 is 9.72 Å². The second-order valence-electron chi connectivity index (χ2n) is 3.17. The Hall–Kier alpha value is -1.23. The molecule has 0 bridgehead atoms. The van der Waals surface area contributed by atoms with Crippen LogP contribution >= 0.6 is 15.9 Å². The molecule has 0 aliphatic carbocycles. The molecule has 4 nitrogen and oxygen atoms in total. The normalized spacial score (nSPS) is 12.1. The van der Waals surface area contributed by atoms with Crippen LogP contribution in [0.15, 0.2) is 28.7 Å². The van der Waals surface area contributed by atoms with E-state index in [0.29, 0.717) is 0 Å². The molecule has 0 saturated heterocycles. The van der Waals surface area contributed by atoms with Crippen LogP contribution in [-0.2, 0) is 4.79 Å². The van der Waals surface area contributed by atoms with E-state index in [9.17, 15) is 14.9 Å². The molecule has 0 aliphatic rings. The lowest BCUT2D eigenvalue weighted by Crippen LogP contribution is -2.13. The van der Waals surface area contributed by atoms with Crippen LogP contribution in [0.2, 0.25) is 0 Å². The predicted molar refractivity (Wildman–Crippen MR) is 59.4 cm³/mol. The van der Waals surface area contributed by atoms with Crippen LogP contribution in [0, 0.1) is 10.1 Å². The van der Waals surface area contributed by atoms with Gasteiger partial charge in [0, 0.05) is 15.8 Å². The van der Waals surface area contributed by atoms with Crippen molar-refractivity contribution in [1.82, 2.24) is 0 Å². The number of nitro groups is 1. The van der Waals surface area contributed by atoms with E-state index in [1.165, 1.54) is 0 Å². The molecule has 1 atom stereocenters. The highest BCUT2D eigenvalue weighted by molar-refractivity contribution is 9.10. The van der Waals surface area contributed by atoms with Crippen LogP contribution in [0.5, 0.6) is 0 Å². The third-order valence-corrected chi connectivity index (χ3v) is 2.62. The van der Waals surface area contributed by atoms with Crippen LogP contribution in [0.1, 0.15) is 17.9 Å². The van der Waals surface area contributed by atoms with Gasteiger partial charge in [-0.1, -0.05) is 28.1 Å². The Labute approximate surface area is 95.6 Å². The zero-order valence-electron chi connectivity index (χ0n) is 7.93. The number of halogens is 1. The van der Waals surface area contributed by atoms with Crippen molar-refractivity contribution in [1.29, 1.82) is 0 Å². The molecule has 0 saturated carbocycles. The first-order valence-corrected chi connectivity index (χ1v) is 5.23. The van der Waals surface area contributed by atoms with Gasteiger partial charge in [-0.2, -0.15) is 0 Å². The second kappa shape index (κ2) is 5.60. The second-order valence-corrected chi connectivity index (χ2v) is 4.08. The number of hydrogen-bond acceptors (Lipinski definition) is 3. The molecule has 1 aromatic carbocycles. The Kier molecular flexibility index (Phi) is 4.42. The van der Waals surface area contributed by atoms with Crippen molar-refractivity contribution >= 4 is 22.2 Å². The summed E-state index contributed by atoms with van der Waals surface area (Å²) >= 11 is 3.28. The molecular formula is C10H10BrNO3. The van der Waals surface area contributed by atoms with Gasteiger partial charge in [-0.3, -0.25) is 10.1 Å². The Bertz CT molecular complexity index is 350. The smallest absolute Gasteiger partial charge is 0.211 e. The monoisotopic (exact) mass is 271 g/mol.